The Morgan fingerprint density at radius 2 is 2.07 bits per heavy atom. The van der Waals surface area contributed by atoms with Crippen LogP contribution in [-0.4, -0.2) is 64.9 Å². The first-order valence-corrected chi connectivity index (χ1v) is 9.61. The van der Waals surface area contributed by atoms with Crippen LogP contribution in [0.25, 0.3) is 28.1 Å². The van der Waals surface area contributed by atoms with Crippen LogP contribution >= 0.6 is 0 Å². The monoisotopic (exact) mass is 387 g/mol. The van der Waals surface area contributed by atoms with Crippen molar-refractivity contribution in [2.45, 2.75) is 6.42 Å². The summed E-state index contributed by atoms with van der Waals surface area (Å²) in [5.74, 6) is 0.624. The Morgan fingerprint density at radius 1 is 1.14 bits per heavy atom. The van der Waals surface area contributed by atoms with Crippen molar-refractivity contribution in [1.82, 2.24) is 24.8 Å². The molecular formula is C21H21N7O. The number of rotatable bonds is 2. The minimum absolute atomic E-state index is 0.624. The van der Waals surface area contributed by atoms with E-state index in [0.717, 1.165) is 52.0 Å². The predicted octanol–water partition coefficient (Wildman–Crippen LogP) is 2.40. The summed E-state index contributed by atoms with van der Waals surface area (Å²) in [7, 11) is 3.80. The molecule has 3 aromatic heterocycles. The van der Waals surface area contributed by atoms with Crippen molar-refractivity contribution in [1.29, 1.82) is 0 Å². The van der Waals surface area contributed by atoms with E-state index in [-0.39, 0.29) is 0 Å². The van der Waals surface area contributed by atoms with Crippen molar-refractivity contribution in [2.24, 2.45) is 4.99 Å². The Kier molecular flexibility index (Phi) is 4.40. The highest BCUT2D eigenvalue weighted by Gasteiger charge is 2.20. The van der Waals surface area contributed by atoms with Crippen LogP contribution in [0.4, 0.5) is 5.69 Å². The topological polar surface area (TPSA) is 80.8 Å². The van der Waals surface area contributed by atoms with Crippen LogP contribution in [0.3, 0.4) is 0 Å². The van der Waals surface area contributed by atoms with Gasteiger partial charge in [0, 0.05) is 49.8 Å². The number of nitrogens with zero attached hydrogens (tertiary/aromatic N) is 7. The zero-order valence-electron chi connectivity index (χ0n) is 16.4. The fourth-order valence-electron chi connectivity index (χ4n) is 3.75. The SMILES string of the molecule is CN=Cc1cccc2ccc(-c3nnc4c5c(cnn34)N(C)CCOCC5)nc12. The average Bonchev–Trinajstić information content (AvgIpc) is 3.16. The molecule has 0 bridgehead atoms. The first-order chi connectivity index (χ1) is 14.3. The van der Waals surface area contributed by atoms with Gasteiger partial charge in [-0.1, -0.05) is 24.3 Å². The quantitative estimate of drug-likeness (QED) is 0.491. The molecule has 0 unspecified atom stereocenters. The van der Waals surface area contributed by atoms with Crippen molar-refractivity contribution in [3.63, 3.8) is 0 Å². The molecule has 8 nitrogen and oxygen atoms in total. The third-order valence-corrected chi connectivity index (χ3v) is 5.24. The van der Waals surface area contributed by atoms with Gasteiger partial charge >= 0.3 is 0 Å². The summed E-state index contributed by atoms with van der Waals surface area (Å²) < 4.78 is 7.46. The lowest BCUT2D eigenvalue weighted by atomic mass is 10.1. The molecule has 0 N–H and O–H groups in total. The molecule has 0 atom stereocenters. The summed E-state index contributed by atoms with van der Waals surface area (Å²) >= 11 is 0. The second-order valence-corrected chi connectivity index (χ2v) is 7.05. The molecule has 4 aromatic rings. The molecule has 1 aromatic carbocycles. The van der Waals surface area contributed by atoms with Crippen LogP contribution < -0.4 is 4.90 Å². The van der Waals surface area contributed by atoms with E-state index in [1.807, 2.05) is 49.8 Å². The first kappa shape index (κ1) is 17.7. The summed E-state index contributed by atoms with van der Waals surface area (Å²) in [6.07, 6.45) is 4.47. The third-order valence-electron chi connectivity index (χ3n) is 5.24. The lowest BCUT2D eigenvalue weighted by molar-refractivity contribution is 0.141. The molecule has 5 rings (SSSR count). The van der Waals surface area contributed by atoms with Crippen LogP contribution in [0.5, 0.6) is 0 Å². The maximum absolute atomic E-state index is 5.68. The number of aliphatic imine (C=N–C) groups is 1. The normalized spacial score (nSPS) is 15.0. The van der Waals surface area contributed by atoms with Crippen LogP contribution in [0.1, 0.15) is 11.1 Å². The molecular weight excluding hydrogens is 366 g/mol. The smallest absolute Gasteiger partial charge is 0.203 e. The highest BCUT2D eigenvalue weighted by molar-refractivity contribution is 5.98. The third kappa shape index (κ3) is 3.01. The van der Waals surface area contributed by atoms with E-state index in [1.165, 1.54) is 0 Å². The number of anilines is 1. The fraction of sp³-hybridized carbons (Fsp3) is 0.286. The number of para-hydroxylation sites is 1. The van der Waals surface area contributed by atoms with Gasteiger partial charge in [0.25, 0.3) is 0 Å². The number of pyridine rings is 1. The van der Waals surface area contributed by atoms with E-state index >= 15 is 0 Å². The van der Waals surface area contributed by atoms with Gasteiger partial charge < -0.3 is 9.64 Å². The van der Waals surface area contributed by atoms with Crippen molar-refractivity contribution in [3.8, 4) is 11.5 Å². The van der Waals surface area contributed by atoms with Gasteiger partial charge in [-0.25, -0.2) is 4.98 Å². The minimum atomic E-state index is 0.624. The highest BCUT2D eigenvalue weighted by Crippen LogP contribution is 2.27. The van der Waals surface area contributed by atoms with Crippen LogP contribution in [-0.2, 0) is 11.2 Å². The molecule has 0 spiro atoms. The van der Waals surface area contributed by atoms with Crippen LogP contribution in [0, 0.1) is 0 Å². The van der Waals surface area contributed by atoms with E-state index in [2.05, 4.69) is 25.2 Å². The summed E-state index contributed by atoms with van der Waals surface area (Å²) in [5, 5.41) is 14.6. The van der Waals surface area contributed by atoms with Gasteiger partial charge in [-0.2, -0.15) is 9.61 Å². The molecule has 4 heterocycles. The van der Waals surface area contributed by atoms with Gasteiger partial charge in [0.15, 0.2) is 5.65 Å². The van der Waals surface area contributed by atoms with E-state index < -0.39 is 0 Å². The van der Waals surface area contributed by atoms with Crippen molar-refractivity contribution < 1.29 is 4.74 Å². The van der Waals surface area contributed by atoms with E-state index in [9.17, 15) is 0 Å². The maximum atomic E-state index is 5.68. The summed E-state index contributed by atoms with van der Waals surface area (Å²) in [6.45, 7) is 2.19. The zero-order valence-corrected chi connectivity index (χ0v) is 16.4. The average molecular weight is 387 g/mol. The summed E-state index contributed by atoms with van der Waals surface area (Å²) in [4.78, 5) is 11.2. The van der Waals surface area contributed by atoms with Gasteiger partial charge in [-0.15, -0.1) is 10.2 Å². The maximum Gasteiger partial charge on any atom is 0.203 e. The standard InChI is InChI=1S/C21H21N7O/c1-22-12-15-5-3-4-14-6-7-17(24-19(14)15)21-26-25-20-16-8-10-29-11-9-27(2)18(16)13-23-28(20)21/h3-7,12-13H,8-11H2,1-2H3. The van der Waals surface area contributed by atoms with Gasteiger partial charge in [0.05, 0.1) is 30.6 Å². The Morgan fingerprint density at radius 3 is 2.97 bits per heavy atom. The molecule has 0 saturated heterocycles. The number of hydrogen-bond acceptors (Lipinski definition) is 7. The lowest BCUT2D eigenvalue weighted by Gasteiger charge is -2.24. The molecule has 146 valence electrons. The van der Waals surface area contributed by atoms with E-state index in [4.69, 9.17) is 9.72 Å². The molecule has 29 heavy (non-hydrogen) atoms. The molecule has 0 radical (unpaired) electrons. The number of likely N-dealkylation sites (N-methyl/N-ethyl adjacent to an activating group) is 1. The van der Waals surface area contributed by atoms with Gasteiger partial charge in [0.2, 0.25) is 5.82 Å². The van der Waals surface area contributed by atoms with Gasteiger partial charge in [0.1, 0.15) is 5.69 Å². The molecule has 0 aliphatic carbocycles. The van der Waals surface area contributed by atoms with E-state index in [1.54, 1.807) is 11.6 Å². The van der Waals surface area contributed by atoms with Crippen LogP contribution in [0.15, 0.2) is 41.5 Å². The molecule has 0 fully saturated rings. The zero-order chi connectivity index (χ0) is 19.8. The summed E-state index contributed by atoms with van der Waals surface area (Å²) in [6, 6.07) is 10.0. The van der Waals surface area contributed by atoms with Gasteiger partial charge in [-0.05, 0) is 6.07 Å². The van der Waals surface area contributed by atoms with Crippen molar-refractivity contribution in [3.05, 3.63) is 47.7 Å². The second kappa shape index (κ2) is 7.21. The molecule has 0 saturated carbocycles. The largest absolute Gasteiger partial charge is 0.379 e. The predicted molar refractivity (Wildman–Crippen MR) is 113 cm³/mol. The Bertz CT molecular complexity index is 1230. The molecule has 0 amide bonds. The second-order valence-electron chi connectivity index (χ2n) is 7.05. The summed E-state index contributed by atoms with van der Waals surface area (Å²) in [5.41, 5.74) is 5.50. The fourth-order valence-corrected chi connectivity index (χ4v) is 3.75. The molecule has 1 aliphatic rings. The minimum Gasteiger partial charge on any atom is -0.379 e. The number of hydrogen-bond donors (Lipinski definition) is 0. The van der Waals surface area contributed by atoms with Crippen molar-refractivity contribution in [2.75, 3.05) is 38.8 Å². The van der Waals surface area contributed by atoms with Crippen LogP contribution in [0.2, 0.25) is 0 Å². The number of ether oxygens (including phenoxy) is 1. The number of benzene rings is 1. The Hall–Kier alpha value is -3.39. The Balaban J connectivity index is 1.68. The number of fused-ring (bicyclic) bond motifs is 4. The van der Waals surface area contributed by atoms with Gasteiger partial charge in [-0.3, -0.25) is 4.99 Å². The molecule has 1 aliphatic heterocycles. The van der Waals surface area contributed by atoms with E-state index in [0.29, 0.717) is 19.0 Å². The first-order valence-electron chi connectivity index (χ1n) is 9.61. The molecule has 8 heteroatoms. The Labute approximate surface area is 167 Å². The number of aromatic nitrogens is 5. The highest BCUT2D eigenvalue weighted by atomic mass is 16.5. The van der Waals surface area contributed by atoms with Crippen molar-refractivity contribution >= 4 is 28.5 Å². The lowest BCUT2D eigenvalue weighted by Crippen LogP contribution is -2.27.